The third kappa shape index (κ3) is 3.34. The van der Waals surface area contributed by atoms with Crippen molar-refractivity contribution in [2.75, 3.05) is 20.1 Å². The van der Waals surface area contributed by atoms with Gasteiger partial charge in [-0.05, 0) is 39.9 Å². The number of β-lactam (4-membered cyclic amide) rings is 1. The Hall–Kier alpha value is -0.830. The molecule has 0 aromatic heterocycles. The van der Waals surface area contributed by atoms with Gasteiger partial charge in [-0.3, -0.25) is 4.79 Å². The average molecular weight is 210 g/mol. The summed E-state index contributed by atoms with van der Waals surface area (Å²) in [6, 6.07) is 0.308. The molecule has 2 rings (SSSR count). The molecule has 2 saturated heterocycles. The smallest absolute Gasteiger partial charge is 0.225 e. The molecular weight excluding hydrogens is 188 g/mol. The Morgan fingerprint density at radius 2 is 2.13 bits per heavy atom. The van der Waals surface area contributed by atoms with Gasteiger partial charge in [0.2, 0.25) is 5.91 Å². The maximum atomic E-state index is 10.8. The third-order valence-corrected chi connectivity index (χ3v) is 3.00. The van der Waals surface area contributed by atoms with Gasteiger partial charge < -0.3 is 10.2 Å². The molecular formula is C12H22N2O. The summed E-state index contributed by atoms with van der Waals surface area (Å²) in [5.74, 6) is 0.432. The largest absolute Gasteiger partial charge is 0.349 e. The van der Waals surface area contributed by atoms with E-state index in [1.807, 2.05) is 26.0 Å². The van der Waals surface area contributed by atoms with Gasteiger partial charge in [0.05, 0.1) is 12.0 Å². The minimum absolute atomic E-state index is 0.200. The maximum absolute atomic E-state index is 10.8. The van der Waals surface area contributed by atoms with Crippen LogP contribution >= 0.6 is 0 Å². The van der Waals surface area contributed by atoms with Crippen LogP contribution < -0.4 is 5.32 Å². The zero-order chi connectivity index (χ0) is 11.3. The van der Waals surface area contributed by atoms with Crippen molar-refractivity contribution >= 4 is 5.91 Å². The normalized spacial score (nSPS) is 29.9. The monoisotopic (exact) mass is 210 g/mol. The van der Waals surface area contributed by atoms with Crippen LogP contribution in [0.4, 0.5) is 0 Å². The predicted octanol–water partition coefficient (Wildman–Crippen LogP) is 1.41. The molecule has 0 bridgehead atoms. The van der Waals surface area contributed by atoms with Gasteiger partial charge in [-0.15, -0.1) is 0 Å². The molecule has 0 aliphatic carbocycles. The van der Waals surface area contributed by atoms with Crippen molar-refractivity contribution in [3.8, 4) is 0 Å². The molecule has 86 valence electrons. The van der Waals surface area contributed by atoms with Crippen molar-refractivity contribution < 1.29 is 4.79 Å². The molecule has 3 heteroatoms. The van der Waals surface area contributed by atoms with Crippen LogP contribution in [0, 0.1) is 5.92 Å². The highest BCUT2D eigenvalue weighted by Crippen LogP contribution is 2.19. The van der Waals surface area contributed by atoms with Crippen molar-refractivity contribution in [3.05, 3.63) is 12.2 Å². The Kier molecular flexibility index (Phi) is 4.82. The molecule has 2 heterocycles. The summed E-state index contributed by atoms with van der Waals surface area (Å²) >= 11 is 0. The molecule has 2 fully saturated rings. The van der Waals surface area contributed by atoms with Gasteiger partial charge in [0.1, 0.15) is 0 Å². The van der Waals surface area contributed by atoms with Crippen molar-refractivity contribution in [2.45, 2.75) is 32.7 Å². The first-order valence-corrected chi connectivity index (χ1v) is 5.80. The molecule has 0 aromatic rings. The summed E-state index contributed by atoms with van der Waals surface area (Å²) in [7, 11) is 2.14. The fourth-order valence-corrected chi connectivity index (χ4v) is 1.74. The van der Waals surface area contributed by atoms with Crippen LogP contribution in [0.5, 0.6) is 0 Å². The van der Waals surface area contributed by atoms with Gasteiger partial charge in [0.25, 0.3) is 0 Å². The maximum Gasteiger partial charge on any atom is 0.225 e. The van der Waals surface area contributed by atoms with Crippen LogP contribution in [0.1, 0.15) is 26.7 Å². The molecule has 1 amide bonds. The number of carbonyl (C=O) groups excluding carboxylic acids is 1. The van der Waals surface area contributed by atoms with Crippen molar-refractivity contribution in [1.82, 2.24) is 10.2 Å². The van der Waals surface area contributed by atoms with Crippen molar-refractivity contribution in [2.24, 2.45) is 5.92 Å². The van der Waals surface area contributed by atoms with Gasteiger partial charge in [0.15, 0.2) is 0 Å². The second-order valence-electron chi connectivity index (χ2n) is 4.23. The summed E-state index contributed by atoms with van der Waals surface area (Å²) in [6.45, 7) is 6.65. The Morgan fingerprint density at radius 3 is 2.40 bits per heavy atom. The van der Waals surface area contributed by atoms with E-state index < -0.39 is 0 Å². The minimum Gasteiger partial charge on any atom is -0.349 e. The first-order chi connectivity index (χ1) is 7.19. The van der Waals surface area contributed by atoms with E-state index in [9.17, 15) is 4.79 Å². The van der Waals surface area contributed by atoms with E-state index in [-0.39, 0.29) is 11.8 Å². The third-order valence-electron chi connectivity index (χ3n) is 3.00. The highest BCUT2D eigenvalue weighted by molar-refractivity contribution is 5.86. The Morgan fingerprint density at radius 1 is 1.53 bits per heavy atom. The first kappa shape index (κ1) is 12.2. The Balaban J connectivity index is 0.000000187. The highest BCUT2D eigenvalue weighted by Gasteiger charge is 2.35. The summed E-state index contributed by atoms with van der Waals surface area (Å²) in [5.41, 5.74) is 0. The topological polar surface area (TPSA) is 32.3 Å². The van der Waals surface area contributed by atoms with Gasteiger partial charge in [-0.25, -0.2) is 0 Å². The van der Waals surface area contributed by atoms with E-state index in [0.29, 0.717) is 6.04 Å². The lowest BCUT2D eigenvalue weighted by atomic mass is 9.88. The fourth-order valence-electron chi connectivity index (χ4n) is 1.74. The lowest BCUT2D eigenvalue weighted by molar-refractivity contribution is -0.133. The number of hydrogen-bond acceptors (Lipinski definition) is 2. The predicted molar refractivity (Wildman–Crippen MR) is 62.6 cm³/mol. The molecule has 15 heavy (non-hydrogen) atoms. The fraction of sp³-hybridized carbons (Fsp3) is 0.750. The van der Waals surface area contributed by atoms with Gasteiger partial charge in [0, 0.05) is 0 Å². The number of nitrogens with zero attached hydrogens (tertiary/aromatic N) is 1. The van der Waals surface area contributed by atoms with Crippen LogP contribution in [0.2, 0.25) is 0 Å². The van der Waals surface area contributed by atoms with Crippen molar-refractivity contribution in [1.29, 1.82) is 0 Å². The molecule has 2 unspecified atom stereocenters. The lowest BCUT2D eigenvalue weighted by Gasteiger charge is -2.33. The lowest BCUT2D eigenvalue weighted by Crippen LogP contribution is -2.56. The van der Waals surface area contributed by atoms with E-state index >= 15 is 0 Å². The van der Waals surface area contributed by atoms with Crippen molar-refractivity contribution in [3.63, 3.8) is 0 Å². The molecule has 0 radical (unpaired) electrons. The number of hydrogen-bond donors (Lipinski definition) is 1. The van der Waals surface area contributed by atoms with Crippen LogP contribution in [0.15, 0.2) is 12.2 Å². The second-order valence-corrected chi connectivity index (χ2v) is 4.23. The second kappa shape index (κ2) is 5.91. The Labute approximate surface area is 92.5 Å². The van der Waals surface area contributed by atoms with E-state index in [4.69, 9.17) is 0 Å². The quantitative estimate of drug-likeness (QED) is 0.552. The number of carbonyl (C=O) groups is 1. The number of allylic oxidation sites excluding steroid dienone is 1. The van der Waals surface area contributed by atoms with Crippen LogP contribution in [0.3, 0.4) is 0 Å². The Bertz CT molecular complexity index is 234. The van der Waals surface area contributed by atoms with E-state index in [2.05, 4.69) is 17.3 Å². The van der Waals surface area contributed by atoms with Crippen LogP contribution in [-0.2, 0) is 4.79 Å². The minimum atomic E-state index is 0.200. The molecule has 0 saturated carbocycles. The van der Waals surface area contributed by atoms with E-state index in [1.54, 1.807) is 0 Å². The summed E-state index contributed by atoms with van der Waals surface area (Å²) in [6.07, 6.45) is 6.37. The summed E-state index contributed by atoms with van der Waals surface area (Å²) < 4.78 is 0. The summed E-state index contributed by atoms with van der Waals surface area (Å²) in [5, 5.41) is 2.82. The SMILES string of the molecule is CC=CC1NC(=O)C1CC.CN1CCC1. The number of nitrogens with one attached hydrogen (secondary N) is 1. The van der Waals surface area contributed by atoms with E-state index in [1.165, 1.54) is 19.5 Å². The molecule has 3 nitrogen and oxygen atoms in total. The zero-order valence-corrected chi connectivity index (χ0v) is 9.99. The number of likely N-dealkylation sites (tertiary alicyclic amines) is 1. The number of amides is 1. The van der Waals surface area contributed by atoms with Gasteiger partial charge >= 0.3 is 0 Å². The van der Waals surface area contributed by atoms with E-state index in [0.717, 1.165) is 6.42 Å². The molecule has 1 N–H and O–H groups in total. The van der Waals surface area contributed by atoms with Crippen LogP contribution in [-0.4, -0.2) is 37.0 Å². The standard InChI is InChI=1S/C8H13NO.C4H9N/c1-3-5-7-6(4-2)8(10)9-7;1-5-3-2-4-5/h3,5-7H,4H2,1-2H3,(H,9,10);2-4H2,1H3. The summed E-state index contributed by atoms with van der Waals surface area (Å²) in [4.78, 5) is 13.1. The molecule has 2 aliphatic rings. The molecule has 0 spiro atoms. The zero-order valence-electron chi connectivity index (χ0n) is 9.99. The molecule has 2 aliphatic heterocycles. The average Bonchev–Trinajstić information content (AvgIpc) is 2.16. The van der Waals surface area contributed by atoms with Gasteiger partial charge in [-0.1, -0.05) is 19.1 Å². The number of rotatable bonds is 2. The first-order valence-electron chi connectivity index (χ1n) is 5.80. The highest BCUT2D eigenvalue weighted by atomic mass is 16.2. The van der Waals surface area contributed by atoms with Gasteiger partial charge in [-0.2, -0.15) is 0 Å². The molecule has 2 atom stereocenters. The molecule has 0 aromatic carbocycles. The van der Waals surface area contributed by atoms with Crippen LogP contribution in [0.25, 0.3) is 0 Å².